The molecule has 0 saturated heterocycles. The fraction of sp³-hybridized carbons (Fsp3) is 0.0870. The lowest BCUT2D eigenvalue weighted by atomic mass is 10.2. The monoisotopic (exact) mass is 548 g/mol. The van der Waals surface area contributed by atoms with Crippen LogP contribution in [0.3, 0.4) is 0 Å². The maximum Gasteiger partial charge on any atom is 0.269 e. The summed E-state index contributed by atoms with van der Waals surface area (Å²) >= 11 is 9.86. The van der Waals surface area contributed by atoms with E-state index in [-0.39, 0.29) is 0 Å². The lowest BCUT2D eigenvalue weighted by Crippen LogP contribution is -2.68. The van der Waals surface area contributed by atoms with E-state index in [1.165, 1.54) is 20.1 Å². The zero-order chi connectivity index (χ0) is 25.2. The highest BCUT2D eigenvalue weighted by atomic mass is 35.7. The highest BCUT2D eigenvalue weighted by Gasteiger charge is 2.24. The number of rotatable bonds is 3. The highest BCUT2D eigenvalue weighted by Crippen LogP contribution is 2.47. The number of para-hydroxylation sites is 2. The Morgan fingerprint density at radius 3 is 2.23 bits per heavy atom. The van der Waals surface area contributed by atoms with Crippen molar-refractivity contribution >= 4 is 56.3 Å². The zero-order valence-electron chi connectivity index (χ0n) is 18.4. The van der Waals surface area contributed by atoms with E-state index in [1.54, 1.807) is 23.1 Å². The van der Waals surface area contributed by atoms with Crippen LogP contribution in [0.5, 0.6) is 0 Å². The Morgan fingerprint density at radius 2 is 1.57 bits per heavy atom. The molecule has 1 aromatic heterocycles. The minimum atomic E-state index is -4.94. The molecule has 8 nitrogen and oxygen atoms in total. The van der Waals surface area contributed by atoms with Crippen LogP contribution in [0.25, 0.3) is 20.8 Å². The number of nitrogens with zero attached hydrogens (tertiary/aromatic N) is 4. The normalized spacial score (nSPS) is 14.8. The largest absolute Gasteiger partial charge is 0.336 e. The van der Waals surface area contributed by atoms with Crippen molar-refractivity contribution in [1.82, 2.24) is 0 Å². The first-order valence-corrected chi connectivity index (χ1v) is 13.3. The van der Waals surface area contributed by atoms with E-state index in [1.807, 2.05) is 36.2 Å². The number of fused-ring (bicyclic) bond motifs is 2. The van der Waals surface area contributed by atoms with Crippen LogP contribution >= 0.6 is 34.7 Å². The van der Waals surface area contributed by atoms with Crippen molar-refractivity contribution in [3.8, 4) is 10.6 Å². The van der Waals surface area contributed by atoms with Gasteiger partial charge in [0.1, 0.15) is 16.8 Å². The van der Waals surface area contributed by atoms with Crippen LogP contribution in [0.1, 0.15) is 0 Å². The quantitative estimate of drug-likeness (QED) is 0.220. The molecule has 35 heavy (non-hydrogen) atoms. The fourth-order valence-electron chi connectivity index (χ4n) is 3.45. The third-order valence-electron chi connectivity index (χ3n) is 5.02. The molecule has 4 aromatic rings. The SMILES string of the molecule is CN1/C(=C(\Cl)N=Nc2ccc(-c3sc4ccccc4[n+]3C)cc2)Sc2ccccc21.[O-][Cl+3]([O-])([O-])[O-]. The molecule has 0 aliphatic carbocycles. The first-order valence-electron chi connectivity index (χ1n) is 10.0. The van der Waals surface area contributed by atoms with Gasteiger partial charge in [-0.25, -0.2) is 18.6 Å². The first-order chi connectivity index (χ1) is 16.6. The third kappa shape index (κ3) is 6.18. The van der Waals surface area contributed by atoms with E-state index >= 15 is 0 Å². The van der Waals surface area contributed by atoms with Crippen LogP contribution in [0.4, 0.5) is 11.4 Å². The van der Waals surface area contributed by atoms with E-state index in [0.717, 1.165) is 22.0 Å². The van der Waals surface area contributed by atoms with Crippen molar-refractivity contribution in [2.75, 3.05) is 11.9 Å². The van der Waals surface area contributed by atoms with Gasteiger partial charge in [-0.3, -0.25) is 0 Å². The topological polar surface area (TPSA) is 124 Å². The van der Waals surface area contributed by atoms with Gasteiger partial charge in [0.2, 0.25) is 5.52 Å². The minimum Gasteiger partial charge on any atom is -0.336 e. The minimum absolute atomic E-state index is 0.388. The molecule has 0 unspecified atom stereocenters. The molecule has 180 valence electrons. The number of thioether (sulfide) groups is 1. The van der Waals surface area contributed by atoms with E-state index in [9.17, 15) is 0 Å². The van der Waals surface area contributed by atoms with Gasteiger partial charge in [-0.05, 0) is 42.5 Å². The highest BCUT2D eigenvalue weighted by molar-refractivity contribution is 8.03. The molecule has 0 fully saturated rings. The summed E-state index contributed by atoms with van der Waals surface area (Å²) in [7, 11) is -0.854. The molecule has 2 heterocycles. The molecule has 0 atom stereocenters. The average Bonchev–Trinajstić information content (AvgIpc) is 3.34. The lowest BCUT2D eigenvalue weighted by molar-refractivity contribution is -2.00. The van der Waals surface area contributed by atoms with E-state index in [2.05, 4.69) is 70.4 Å². The Labute approximate surface area is 216 Å². The average molecular weight is 549 g/mol. The summed E-state index contributed by atoms with van der Waals surface area (Å²) < 4.78 is 37.5. The molecule has 0 saturated carbocycles. The zero-order valence-corrected chi connectivity index (χ0v) is 21.6. The molecule has 3 aromatic carbocycles. The second-order valence-electron chi connectivity index (χ2n) is 7.28. The van der Waals surface area contributed by atoms with Crippen molar-refractivity contribution in [3.05, 3.63) is 83.0 Å². The maximum absolute atomic E-state index is 8.49. The molecule has 0 N–H and O–H groups in total. The van der Waals surface area contributed by atoms with Gasteiger partial charge in [0, 0.05) is 18.0 Å². The van der Waals surface area contributed by atoms with Crippen LogP contribution in [0, 0.1) is 10.2 Å². The first kappa shape index (κ1) is 25.5. The third-order valence-corrected chi connectivity index (χ3v) is 7.88. The van der Waals surface area contributed by atoms with Crippen molar-refractivity contribution in [2.45, 2.75) is 4.90 Å². The second-order valence-corrected chi connectivity index (χ2v) is 10.5. The smallest absolute Gasteiger partial charge is 0.269 e. The summed E-state index contributed by atoms with van der Waals surface area (Å²) in [5, 5.41) is 11.1. The van der Waals surface area contributed by atoms with Gasteiger partial charge in [-0.15, -0.1) is 20.5 Å². The lowest BCUT2D eigenvalue weighted by Gasteiger charge is -2.17. The Balaban J connectivity index is 0.000000527. The summed E-state index contributed by atoms with van der Waals surface area (Å²) in [6.45, 7) is 0. The molecule has 0 spiro atoms. The number of aryl methyl sites for hydroxylation is 1. The van der Waals surface area contributed by atoms with Crippen LogP contribution in [0.2, 0.25) is 0 Å². The summed E-state index contributed by atoms with van der Waals surface area (Å²) in [6, 6.07) is 24.7. The Kier molecular flexibility index (Phi) is 7.74. The van der Waals surface area contributed by atoms with Crippen molar-refractivity contribution in [2.24, 2.45) is 17.3 Å². The number of azo groups is 1. The molecule has 1 aliphatic rings. The molecular weight excluding hydrogens is 531 g/mol. The Hall–Kier alpha value is -2.54. The van der Waals surface area contributed by atoms with Crippen molar-refractivity contribution in [1.29, 1.82) is 0 Å². The summed E-state index contributed by atoms with van der Waals surface area (Å²) in [5.74, 6) is 0. The van der Waals surface area contributed by atoms with Gasteiger partial charge in [-0.2, -0.15) is 4.57 Å². The molecule has 12 heteroatoms. The maximum atomic E-state index is 8.49. The van der Waals surface area contributed by atoms with Crippen LogP contribution < -0.4 is 28.1 Å². The standard InChI is InChI=1S/C23H18ClN4S2.ClHO4/c1-27-17-7-3-5-9-19(17)29-22(27)15-11-13-16(14-12-15)25-26-21(24)23-28(2)18-8-4-6-10-20(18)30-23;2-1(3,4)5/h3-14H,1-2H3;(H,2,3,4,5)/q+1;/p-1. The van der Waals surface area contributed by atoms with Gasteiger partial charge >= 0.3 is 0 Å². The fourth-order valence-corrected chi connectivity index (χ4v) is 5.91. The number of hydrogen-bond donors (Lipinski definition) is 0. The molecule has 0 amide bonds. The molecular formula is C23H18Cl2N4O4S2. The van der Waals surface area contributed by atoms with Gasteiger partial charge in [0.15, 0.2) is 5.16 Å². The molecule has 0 radical (unpaired) electrons. The summed E-state index contributed by atoms with van der Waals surface area (Å²) in [6.07, 6.45) is 0. The van der Waals surface area contributed by atoms with Crippen molar-refractivity contribution in [3.63, 3.8) is 0 Å². The predicted octanol–water partition coefficient (Wildman–Crippen LogP) is 2.33. The van der Waals surface area contributed by atoms with Gasteiger partial charge in [-0.1, -0.05) is 59.0 Å². The van der Waals surface area contributed by atoms with E-state index in [4.69, 9.17) is 30.2 Å². The molecule has 1 aliphatic heterocycles. The van der Waals surface area contributed by atoms with Crippen molar-refractivity contribution < 1.29 is 33.4 Å². The summed E-state index contributed by atoms with van der Waals surface area (Å²) in [5.41, 5.74) is 4.29. The Morgan fingerprint density at radius 1 is 0.943 bits per heavy atom. The number of halogens is 2. The van der Waals surface area contributed by atoms with Gasteiger partial charge in [0.05, 0.1) is 16.9 Å². The molecule has 5 rings (SSSR count). The number of thiazole rings is 1. The number of benzene rings is 3. The number of anilines is 1. The second kappa shape index (κ2) is 10.6. The number of aromatic nitrogens is 1. The van der Waals surface area contributed by atoms with Crippen LogP contribution in [-0.2, 0) is 7.05 Å². The summed E-state index contributed by atoms with van der Waals surface area (Å²) in [4.78, 5) is 3.22. The number of hydrogen-bond acceptors (Lipinski definition) is 9. The van der Waals surface area contributed by atoms with E-state index < -0.39 is 10.2 Å². The van der Waals surface area contributed by atoms with Gasteiger partial charge < -0.3 is 4.90 Å². The van der Waals surface area contributed by atoms with E-state index in [0.29, 0.717) is 5.16 Å². The van der Waals surface area contributed by atoms with Crippen LogP contribution in [0.15, 0.2) is 98.1 Å². The van der Waals surface area contributed by atoms with Gasteiger partial charge in [0.25, 0.3) is 5.01 Å². The van der Waals surface area contributed by atoms with Crippen LogP contribution in [-0.4, -0.2) is 7.05 Å². The molecule has 0 bridgehead atoms. The predicted molar refractivity (Wildman–Crippen MR) is 127 cm³/mol. The Bertz CT molecular complexity index is 1410.